The Kier molecular flexibility index (Phi) is 4.99. The summed E-state index contributed by atoms with van der Waals surface area (Å²) in [5.41, 5.74) is 1.68. The number of rotatable bonds is 1. The first kappa shape index (κ1) is 23.9. The summed E-state index contributed by atoms with van der Waals surface area (Å²) >= 11 is 0. The number of hydrogen-bond acceptors (Lipinski definition) is 2. The van der Waals surface area contributed by atoms with Crippen molar-refractivity contribution in [3.8, 4) is 0 Å². The van der Waals surface area contributed by atoms with E-state index in [0.29, 0.717) is 11.8 Å². The molecule has 186 valence electrons. The van der Waals surface area contributed by atoms with Crippen molar-refractivity contribution in [2.24, 2.45) is 50.2 Å². The van der Waals surface area contributed by atoms with Crippen LogP contribution in [0.15, 0.2) is 11.6 Å². The molecule has 5 aliphatic carbocycles. The number of carboxylic acids is 1. The average molecular weight is 457 g/mol. The molecule has 5 rings (SSSR count). The van der Waals surface area contributed by atoms with Gasteiger partial charge in [-0.1, -0.05) is 60.1 Å². The lowest BCUT2D eigenvalue weighted by atomic mass is 9.33. The predicted molar refractivity (Wildman–Crippen MR) is 133 cm³/mol. The summed E-state index contributed by atoms with van der Waals surface area (Å²) in [6, 6.07) is 0. The number of aliphatic hydroxyl groups excluding tert-OH is 1. The Morgan fingerprint density at radius 1 is 0.879 bits per heavy atom. The maximum absolute atomic E-state index is 12.8. The van der Waals surface area contributed by atoms with Gasteiger partial charge < -0.3 is 10.2 Å². The summed E-state index contributed by atoms with van der Waals surface area (Å²) in [5, 5.41) is 21.4. The highest BCUT2D eigenvalue weighted by atomic mass is 16.4. The molecule has 8 atom stereocenters. The Bertz CT molecular complexity index is 885. The summed E-state index contributed by atoms with van der Waals surface area (Å²) in [6.07, 6.45) is 12.6. The first-order valence-corrected chi connectivity index (χ1v) is 13.8. The van der Waals surface area contributed by atoms with E-state index in [1.807, 2.05) is 0 Å². The predicted octanol–water partition coefficient (Wildman–Crippen LogP) is 7.23. The molecular weight excluding hydrogens is 408 g/mol. The molecule has 3 heteroatoms. The summed E-state index contributed by atoms with van der Waals surface area (Å²) in [7, 11) is 0. The van der Waals surface area contributed by atoms with E-state index in [4.69, 9.17) is 0 Å². The fourth-order valence-electron chi connectivity index (χ4n) is 10.6. The largest absolute Gasteiger partial charge is 0.481 e. The minimum absolute atomic E-state index is 0.0301. The number of fused-ring (bicyclic) bond motifs is 7. The van der Waals surface area contributed by atoms with Crippen LogP contribution in [0.5, 0.6) is 0 Å². The Labute approximate surface area is 201 Å². The van der Waals surface area contributed by atoms with Crippen molar-refractivity contribution in [2.45, 2.75) is 119 Å². The normalized spacial score (nSPS) is 52.4. The van der Waals surface area contributed by atoms with Gasteiger partial charge in [-0.15, -0.1) is 0 Å². The Hall–Kier alpha value is -0.830. The molecule has 0 bridgehead atoms. The fourth-order valence-corrected chi connectivity index (χ4v) is 10.6. The van der Waals surface area contributed by atoms with Gasteiger partial charge in [0.15, 0.2) is 0 Å². The zero-order chi connectivity index (χ0) is 24.2. The summed E-state index contributed by atoms with van der Waals surface area (Å²) in [6.45, 7) is 16.9. The highest BCUT2D eigenvalue weighted by molar-refractivity contribution is 5.76. The van der Waals surface area contributed by atoms with E-state index < -0.39 is 11.4 Å². The van der Waals surface area contributed by atoms with Crippen LogP contribution in [0.1, 0.15) is 113 Å². The minimum atomic E-state index is -0.553. The second kappa shape index (κ2) is 6.89. The molecule has 3 nitrogen and oxygen atoms in total. The van der Waals surface area contributed by atoms with E-state index in [1.54, 1.807) is 0 Å². The van der Waals surface area contributed by atoms with Crippen LogP contribution in [0.25, 0.3) is 0 Å². The molecule has 0 amide bonds. The second-order valence-electron chi connectivity index (χ2n) is 15.1. The van der Waals surface area contributed by atoms with Gasteiger partial charge in [0.25, 0.3) is 0 Å². The van der Waals surface area contributed by atoms with Crippen LogP contribution in [-0.4, -0.2) is 22.3 Å². The monoisotopic (exact) mass is 456 g/mol. The molecule has 0 heterocycles. The lowest BCUT2D eigenvalue weighted by Crippen LogP contribution is -2.65. The highest BCUT2D eigenvalue weighted by Crippen LogP contribution is 2.75. The van der Waals surface area contributed by atoms with Crippen LogP contribution < -0.4 is 0 Å². The van der Waals surface area contributed by atoms with E-state index in [9.17, 15) is 15.0 Å². The summed E-state index contributed by atoms with van der Waals surface area (Å²) in [4.78, 5) is 12.8. The van der Waals surface area contributed by atoms with Gasteiger partial charge in [-0.05, 0) is 109 Å². The zero-order valence-corrected chi connectivity index (χ0v) is 22.3. The van der Waals surface area contributed by atoms with E-state index >= 15 is 0 Å². The molecule has 0 saturated heterocycles. The van der Waals surface area contributed by atoms with E-state index in [-0.39, 0.29) is 39.1 Å². The molecule has 33 heavy (non-hydrogen) atoms. The van der Waals surface area contributed by atoms with Crippen LogP contribution in [0.2, 0.25) is 0 Å². The first-order chi connectivity index (χ1) is 15.1. The molecule has 1 unspecified atom stereocenters. The smallest absolute Gasteiger partial charge is 0.310 e. The number of aliphatic carboxylic acids is 1. The second-order valence-corrected chi connectivity index (χ2v) is 15.1. The van der Waals surface area contributed by atoms with Gasteiger partial charge in [-0.2, -0.15) is 0 Å². The van der Waals surface area contributed by atoms with Crippen LogP contribution in [0.3, 0.4) is 0 Å². The molecule has 0 aromatic carbocycles. The van der Waals surface area contributed by atoms with Crippen molar-refractivity contribution in [2.75, 3.05) is 0 Å². The molecular formula is C30H48O3. The SMILES string of the molecule is CC1(C)CC[C@]2(C(=O)O)CC[C@]3(C)C(=CC[C@@H]4[C@@]5(C)CC[C@H](O)C(C)(C)C5CC[C@]43C)[C@H]2C1. The molecule has 0 aromatic rings. The van der Waals surface area contributed by atoms with Gasteiger partial charge in [-0.25, -0.2) is 0 Å². The Morgan fingerprint density at radius 2 is 1.55 bits per heavy atom. The van der Waals surface area contributed by atoms with Crippen LogP contribution in [-0.2, 0) is 4.79 Å². The van der Waals surface area contributed by atoms with E-state index in [0.717, 1.165) is 51.4 Å². The molecule has 2 N–H and O–H groups in total. The van der Waals surface area contributed by atoms with Crippen molar-refractivity contribution >= 4 is 5.97 Å². The van der Waals surface area contributed by atoms with Crippen molar-refractivity contribution in [1.29, 1.82) is 0 Å². The number of hydrogen-bond donors (Lipinski definition) is 2. The lowest BCUT2D eigenvalue weighted by molar-refractivity contribution is -0.205. The summed E-state index contributed by atoms with van der Waals surface area (Å²) < 4.78 is 0. The average Bonchev–Trinajstić information content (AvgIpc) is 2.71. The summed E-state index contributed by atoms with van der Waals surface area (Å²) in [5.74, 6) is 0.807. The van der Waals surface area contributed by atoms with Crippen molar-refractivity contribution in [3.05, 3.63) is 11.6 Å². The number of carbonyl (C=O) groups is 1. The van der Waals surface area contributed by atoms with Crippen molar-refractivity contribution < 1.29 is 15.0 Å². The van der Waals surface area contributed by atoms with Gasteiger partial charge in [0, 0.05) is 0 Å². The van der Waals surface area contributed by atoms with E-state index in [1.165, 1.54) is 18.4 Å². The Morgan fingerprint density at radius 3 is 2.21 bits per heavy atom. The fraction of sp³-hybridized carbons (Fsp3) is 0.900. The first-order valence-electron chi connectivity index (χ1n) is 13.8. The maximum Gasteiger partial charge on any atom is 0.310 e. The third-order valence-electron chi connectivity index (χ3n) is 13.0. The van der Waals surface area contributed by atoms with Gasteiger partial charge in [0.1, 0.15) is 0 Å². The Balaban J connectivity index is 1.60. The number of aliphatic hydroxyl groups is 1. The van der Waals surface area contributed by atoms with Gasteiger partial charge in [0.05, 0.1) is 11.5 Å². The van der Waals surface area contributed by atoms with Crippen LogP contribution >= 0.6 is 0 Å². The van der Waals surface area contributed by atoms with Gasteiger partial charge in [0.2, 0.25) is 0 Å². The van der Waals surface area contributed by atoms with Crippen LogP contribution in [0, 0.1) is 50.2 Å². The van der Waals surface area contributed by atoms with Crippen molar-refractivity contribution in [1.82, 2.24) is 0 Å². The standard InChI is InChI=1S/C30H48O3/c1-25(2)14-16-30(24(32)33)17-15-28(6)19(20(30)18-25)8-9-22-27(5)12-11-23(31)26(3,4)21(27)10-13-29(22,28)7/h8,20-23,31H,9-18H2,1-7H3,(H,32,33)/t20-,21?,22-,23+,27+,28-,29-,30+/m1/s1. The topological polar surface area (TPSA) is 57.5 Å². The van der Waals surface area contributed by atoms with Gasteiger partial charge >= 0.3 is 5.97 Å². The lowest BCUT2D eigenvalue weighted by Gasteiger charge is -2.71. The minimum Gasteiger partial charge on any atom is -0.481 e. The molecule has 0 aliphatic heterocycles. The van der Waals surface area contributed by atoms with Gasteiger partial charge in [-0.3, -0.25) is 4.79 Å². The molecule has 4 fully saturated rings. The zero-order valence-electron chi connectivity index (χ0n) is 22.3. The molecule has 5 aliphatic rings. The van der Waals surface area contributed by atoms with E-state index in [2.05, 4.69) is 54.5 Å². The molecule has 0 aromatic heterocycles. The molecule has 0 spiro atoms. The quantitative estimate of drug-likeness (QED) is 0.409. The number of carboxylic acid groups (broad SMARTS) is 1. The molecule has 4 saturated carbocycles. The van der Waals surface area contributed by atoms with Crippen molar-refractivity contribution in [3.63, 3.8) is 0 Å². The highest BCUT2D eigenvalue weighted by Gasteiger charge is 2.69. The third-order valence-corrected chi connectivity index (χ3v) is 13.0. The third kappa shape index (κ3) is 2.87. The van der Waals surface area contributed by atoms with Crippen LogP contribution in [0.4, 0.5) is 0 Å². The maximum atomic E-state index is 12.8. The molecule has 0 radical (unpaired) electrons. The number of allylic oxidation sites excluding steroid dienone is 2.